The minimum atomic E-state index is 0.598. The number of nitrogens with one attached hydrogen (secondary N) is 2. The Morgan fingerprint density at radius 3 is 2.17 bits per heavy atom. The maximum Gasteiger partial charge on any atom is 0.229 e. The Morgan fingerprint density at radius 2 is 1.43 bits per heavy atom. The molecule has 0 radical (unpaired) electrons. The number of nitrogens with zero attached hydrogens (tertiary/aromatic N) is 2. The topological polar surface area (TPSA) is 49.8 Å². The molecule has 0 amide bonds. The average molecular weight is 304 g/mol. The minimum absolute atomic E-state index is 0.598. The SMILES string of the molecule is Cc1ccccc1Nc1nc(C)c(C)c(Nc2ccccc2)n1. The van der Waals surface area contributed by atoms with Crippen LogP contribution in [0, 0.1) is 20.8 Å². The van der Waals surface area contributed by atoms with Gasteiger partial charge in [-0.3, -0.25) is 0 Å². The quantitative estimate of drug-likeness (QED) is 0.720. The van der Waals surface area contributed by atoms with Crippen LogP contribution in [0.5, 0.6) is 0 Å². The van der Waals surface area contributed by atoms with Gasteiger partial charge in [0.05, 0.1) is 0 Å². The first kappa shape index (κ1) is 15.0. The average Bonchev–Trinajstić information content (AvgIpc) is 2.55. The van der Waals surface area contributed by atoms with Gasteiger partial charge < -0.3 is 10.6 Å². The largest absolute Gasteiger partial charge is 0.340 e. The molecule has 0 bridgehead atoms. The van der Waals surface area contributed by atoms with Crippen molar-refractivity contribution < 1.29 is 0 Å². The zero-order chi connectivity index (χ0) is 16.2. The Morgan fingerprint density at radius 1 is 0.739 bits per heavy atom. The van der Waals surface area contributed by atoms with Gasteiger partial charge in [-0.2, -0.15) is 4.98 Å². The maximum atomic E-state index is 4.63. The van der Waals surface area contributed by atoms with E-state index in [-0.39, 0.29) is 0 Å². The van der Waals surface area contributed by atoms with E-state index in [1.807, 2.05) is 62.4 Å². The second kappa shape index (κ2) is 6.48. The van der Waals surface area contributed by atoms with Crippen LogP contribution in [0.3, 0.4) is 0 Å². The molecule has 0 saturated carbocycles. The number of aryl methyl sites for hydroxylation is 2. The molecular weight excluding hydrogens is 284 g/mol. The van der Waals surface area contributed by atoms with Gasteiger partial charge in [0.25, 0.3) is 0 Å². The highest BCUT2D eigenvalue weighted by Crippen LogP contribution is 2.24. The van der Waals surface area contributed by atoms with E-state index in [1.54, 1.807) is 0 Å². The van der Waals surface area contributed by atoms with Crippen molar-refractivity contribution in [3.63, 3.8) is 0 Å². The maximum absolute atomic E-state index is 4.63. The number of hydrogen-bond acceptors (Lipinski definition) is 4. The van der Waals surface area contributed by atoms with E-state index in [2.05, 4.69) is 33.6 Å². The highest BCUT2D eigenvalue weighted by Gasteiger charge is 2.09. The second-order valence-corrected chi connectivity index (χ2v) is 5.54. The summed E-state index contributed by atoms with van der Waals surface area (Å²) in [6, 6.07) is 18.1. The molecule has 0 atom stereocenters. The molecule has 0 fully saturated rings. The summed E-state index contributed by atoms with van der Waals surface area (Å²) in [5, 5.41) is 6.67. The van der Waals surface area contributed by atoms with Crippen LogP contribution in [0.25, 0.3) is 0 Å². The fourth-order valence-electron chi connectivity index (χ4n) is 2.30. The summed E-state index contributed by atoms with van der Waals surface area (Å²) >= 11 is 0. The Kier molecular flexibility index (Phi) is 4.24. The molecule has 1 heterocycles. The Labute approximate surface area is 136 Å². The van der Waals surface area contributed by atoms with Crippen LogP contribution in [-0.4, -0.2) is 9.97 Å². The second-order valence-electron chi connectivity index (χ2n) is 5.54. The summed E-state index contributed by atoms with van der Waals surface area (Å²) in [7, 11) is 0. The molecule has 2 N–H and O–H groups in total. The fourth-order valence-corrected chi connectivity index (χ4v) is 2.30. The van der Waals surface area contributed by atoms with Gasteiger partial charge in [-0.25, -0.2) is 4.98 Å². The molecule has 0 spiro atoms. The lowest BCUT2D eigenvalue weighted by molar-refractivity contribution is 1.07. The monoisotopic (exact) mass is 304 g/mol. The highest BCUT2D eigenvalue weighted by atomic mass is 15.1. The lowest BCUT2D eigenvalue weighted by Crippen LogP contribution is -2.06. The zero-order valence-electron chi connectivity index (χ0n) is 13.6. The minimum Gasteiger partial charge on any atom is -0.340 e. The third-order valence-electron chi connectivity index (χ3n) is 3.82. The van der Waals surface area contributed by atoms with Gasteiger partial charge in [0.2, 0.25) is 5.95 Å². The number of aromatic nitrogens is 2. The van der Waals surface area contributed by atoms with Gasteiger partial charge in [0.15, 0.2) is 0 Å². The number of benzene rings is 2. The van der Waals surface area contributed by atoms with Crippen LogP contribution in [0.2, 0.25) is 0 Å². The van der Waals surface area contributed by atoms with Crippen molar-refractivity contribution in [2.24, 2.45) is 0 Å². The lowest BCUT2D eigenvalue weighted by atomic mass is 10.2. The first-order valence-electron chi connectivity index (χ1n) is 7.63. The van der Waals surface area contributed by atoms with Gasteiger partial charge in [-0.15, -0.1) is 0 Å². The van der Waals surface area contributed by atoms with Gasteiger partial charge in [0.1, 0.15) is 5.82 Å². The number of rotatable bonds is 4. The summed E-state index contributed by atoms with van der Waals surface area (Å²) in [5.41, 5.74) is 5.18. The summed E-state index contributed by atoms with van der Waals surface area (Å²) in [6.07, 6.45) is 0. The predicted molar refractivity (Wildman–Crippen MR) is 95.7 cm³/mol. The molecule has 4 heteroatoms. The standard InChI is InChI=1S/C19H20N4/c1-13-9-7-8-12-17(13)22-19-20-15(3)14(2)18(23-19)21-16-10-5-4-6-11-16/h4-12H,1-3H3,(H2,20,21,22,23). The molecule has 0 unspecified atom stereocenters. The van der Waals surface area contributed by atoms with Crippen LogP contribution in [0.1, 0.15) is 16.8 Å². The van der Waals surface area contributed by atoms with Gasteiger partial charge >= 0.3 is 0 Å². The van der Waals surface area contributed by atoms with Crippen LogP contribution >= 0.6 is 0 Å². The van der Waals surface area contributed by atoms with E-state index in [0.29, 0.717) is 5.95 Å². The summed E-state index contributed by atoms with van der Waals surface area (Å²) in [6.45, 7) is 6.08. The van der Waals surface area contributed by atoms with Crippen molar-refractivity contribution in [2.75, 3.05) is 10.6 Å². The fraction of sp³-hybridized carbons (Fsp3) is 0.158. The molecule has 0 aliphatic carbocycles. The van der Waals surface area contributed by atoms with Gasteiger partial charge in [0, 0.05) is 22.6 Å². The molecule has 2 aromatic carbocycles. The zero-order valence-corrected chi connectivity index (χ0v) is 13.6. The molecule has 23 heavy (non-hydrogen) atoms. The molecular formula is C19H20N4. The van der Waals surface area contributed by atoms with E-state index >= 15 is 0 Å². The van der Waals surface area contributed by atoms with E-state index in [4.69, 9.17) is 0 Å². The summed E-state index contributed by atoms with van der Waals surface area (Å²) < 4.78 is 0. The van der Waals surface area contributed by atoms with Crippen LogP contribution in [0.15, 0.2) is 54.6 Å². The van der Waals surface area contributed by atoms with Crippen molar-refractivity contribution >= 4 is 23.1 Å². The molecule has 0 saturated heterocycles. The van der Waals surface area contributed by atoms with E-state index in [0.717, 1.165) is 34.0 Å². The number of anilines is 4. The molecule has 116 valence electrons. The number of para-hydroxylation sites is 2. The molecule has 0 aliphatic heterocycles. The highest BCUT2D eigenvalue weighted by molar-refractivity contribution is 5.64. The Bertz CT molecular complexity index is 813. The van der Waals surface area contributed by atoms with E-state index in [1.165, 1.54) is 0 Å². The smallest absolute Gasteiger partial charge is 0.229 e. The molecule has 3 rings (SSSR count). The number of hydrogen-bond donors (Lipinski definition) is 2. The third-order valence-corrected chi connectivity index (χ3v) is 3.82. The molecule has 0 aliphatic rings. The Balaban J connectivity index is 1.92. The third kappa shape index (κ3) is 3.48. The first-order valence-corrected chi connectivity index (χ1v) is 7.63. The molecule has 4 nitrogen and oxygen atoms in total. The van der Waals surface area contributed by atoms with Crippen LogP contribution in [0.4, 0.5) is 23.1 Å². The lowest BCUT2D eigenvalue weighted by Gasteiger charge is -2.14. The first-order chi connectivity index (χ1) is 11.1. The summed E-state index contributed by atoms with van der Waals surface area (Å²) in [4.78, 5) is 9.18. The van der Waals surface area contributed by atoms with Crippen molar-refractivity contribution in [3.8, 4) is 0 Å². The van der Waals surface area contributed by atoms with Crippen molar-refractivity contribution in [2.45, 2.75) is 20.8 Å². The van der Waals surface area contributed by atoms with Crippen LogP contribution < -0.4 is 10.6 Å². The van der Waals surface area contributed by atoms with Crippen molar-refractivity contribution in [3.05, 3.63) is 71.4 Å². The summed E-state index contributed by atoms with van der Waals surface area (Å²) in [5.74, 6) is 1.42. The van der Waals surface area contributed by atoms with E-state index in [9.17, 15) is 0 Å². The van der Waals surface area contributed by atoms with Gasteiger partial charge in [-0.05, 0) is 44.5 Å². The Hall–Kier alpha value is -2.88. The van der Waals surface area contributed by atoms with Crippen LogP contribution in [-0.2, 0) is 0 Å². The van der Waals surface area contributed by atoms with Crippen molar-refractivity contribution in [1.29, 1.82) is 0 Å². The molecule has 3 aromatic rings. The van der Waals surface area contributed by atoms with Gasteiger partial charge in [-0.1, -0.05) is 36.4 Å². The van der Waals surface area contributed by atoms with E-state index < -0.39 is 0 Å². The normalized spacial score (nSPS) is 10.4. The molecule has 1 aromatic heterocycles. The van der Waals surface area contributed by atoms with Crippen molar-refractivity contribution in [1.82, 2.24) is 9.97 Å². The predicted octanol–water partition coefficient (Wildman–Crippen LogP) is 4.89.